The summed E-state index contributed by atoms with van der Waals surface area (Å²) < 4.78 is 0. The maximum atomic E-state index is 12.3. The molecule has 0 amide bonds. The number of aromatic nitrogens is 1. The van der Waals surface area contributed by atoms with Crippen molar-refractivity contribution < 1.29 is 4.79 Å². The van der Waals surface area contributed by atoms with Crippen LogP contribution < -0.4 is 0 Å². The Bertz CT molecular complexity index is 943. The van der Waals surface area contributed by atoms with Gasteiger partial charge in [0.15, 0.2) is 11.6 Å². The molecule has 4 rings (SSSR count). The van der Waals surface area contributed by atoms with Gasteiger partial charge in [-0.3, -0.25) is 4.79 Å². The second-order valence-corrected chi connectivity index (χ2v) is 4.99. The SMILES string of the molecule is O=C1C=Cc2cccc3ccc(N=Nc4ccccn4)c1c23. The monoisotopic (exact) mass is 285 g/mol. The molecule has 4 nitrogen and oxygen atoms in total. The molecule has 0 atom stereocenters. The summed E-state index contributed by atoms with van der Waals surface area (Å²) in [6, 6.07) is 15.2. The largest absolute Gasteiger partial charge is 0.289 e. The van der Waals surface area contributed by atoms with Crippen LogP contribution in [0.5, 0.6) is 0 Å². The molecule has 0 unspecified atom stereocenters. The zero-order valence-electron chi connectivity index (χ0n) is 11.6. The Hall–Kier alpha value is -3.14. The molecule has 2 aromatic carbocycles. The molecular weight excluding hydrogens is 274 g/mol. The van der Waals surface area contributed by atoms with Gasteiger partial charge in [-0.05, 0) is 35.2 Å². The summed E-state index contributed by atoms with van der Waals surface area (Å²) in [7, 11) is 0. The minimum absolute atomic E-state index is 0.0423. The molecule has 4 heteroatoms. The number of allylic oxidation sites excluding steroid dienone is 1. The van der Waals surface area contributed by atoms with Gasteiger partial charge < -0.3 is 0 Å². The quantitative estimate of drug-likeness (QED) is 0.631. The molecule has 104 valence electrons. The van der Waals surface area contributed by atoms with Crippen molar-refractivity contribution >= 4 is 34.1 Å². The van der Waals surface area contributed by atoms with Crippen LogP contribution in [-0.2, 0) is 0 Å². The summed E-state index contributed by atoms with van der Waals surface area (Å²) in [4.78, 5) is 16.4. The Morgan fingerprint density at radius 2 is 1.82 bits per heavy atom. The predicted octanol–water partition coefficient (Wildman–Crippen LogP) is 4.86. The minimum atomic E-state index is -0.0423. The second kappa shape index (κ2) is 5.00. The molecule has 0 saturated heterocycles. The van der Waals surface area contributed by atoms with Gasteiger partial charge in [0.1, 0.15) is 0 Å². The Morgan fingerprint density at radius 3 is 2.68 bits per heavy atom. The highest BCUT2D eigenvalue weighted by atomic mass is 16.1. The van der Waals surface area contributed by atoms with Crippen LogP contribution in [0.4, 0.5) is 11.5 Å². The highest BCUT2D eigenvalue weighted by Crippen LogP contribution is 2.35. The molecule has 0 saturated carbocycles. The summed E-state index contributed by atoms with van der Waals surface area (Å²) in [6.07, 6.45) is 5.08. The maximum Gasteiger partial charge on any atom is 0.188 e. The van der Waals surface area contributed by atoms with Crippen molar-refractivity contribution in [3.8, 4) is 0 Å². The Kier molecular flexibility index (Phi) is 2.86. The van der Waals surface area contributed by atoms with Crippen molar-refractivity contribution in [2.45, 2.75) is 0 Å². The van der Waals surface area contributed by atoms with E-state index in [1.807, 2.05) is 48.5 Å². The standard InChI is InChI=1S/C18H11N3O/c22-15-10-8-13-5-3-4-12-7-9-14(18(15)17(12)13)20-21-16-6-1-2-11-19-16/h1-11H. The van der Waals surface area contributed by atoms with Gasteiger partial charge in [-0.1, -0.05) is 36.4 Å². The van der Waals surface area contributed by atoms with Crippen molar-refractivity contribution in [2.24, 2.45) is 10.2 Å². The van der Waals surface area contributed by atoms with Crippen LogP contribution in [0.2, 0.25) is 0 Å². The predicted molar refractivity (Wildman–Crippen MR) is 85.7 cm³/mol. The average Bonchev–Trinajstić information content (AvgIpc) is 2.58. The number of ketones is 1. The first kappa shape index (κ1) is 12.6. The van der Waals surface area contributed by atoms with E-state index < -0.39 is 0 Å². The summed E-state index contributed by atoms with van der Waals surface area (Å²) in [6.45, 7) is 0. The number of rotatable bonds is 2. The molecule has 1 aliphatic rings. The summed E-state index contributed by atoms with van der Waals surface area (Å²) in [5.41, 5.74) is 2.21. The highest BCUT2D eigenvalue weighted by molar-refractivity contribution is 6.22. The maximum absolute atomic E-state index is 12.3. The van der Waals surface area contributed by atoms with E-state index >= 15 is 0 Å². The topological polar surface area (TPSA) is 54.7 Å². The average molecular weight is 285 g/mol. The van der Waals surface area contributed by atoms with Crippen LogP contribution in [-0.4, -0.2) is 10.8 Å². The lowest BCUT2D eigenvalue weighted by molar-refractivity contribution is 0.104. The zero-order chi connectivity index (χ0) is 14.9. The molecule has 1 aromatic heterocycles. The molecule has 0 aliphatic heterocycles. The van der Waals surface area contributed by atoms with Gasteiger partial charge >= 0.3 is 0 Å². The normalized spacial score (nSPS) is 13.2. The van der Waals surface area contributed by atoms with Gasteiger partial charge in [0.25, 0.3) is 0 Å². The van der Waals surface area contributed by atoms with E-state index in [1.54, 1.807) is 18.3 Å². The van der Waals surface area contributed by atoms with Crippen molar-refractivity contribution in [1.29, 1.82) is 0 Å². The number of benzene rings is 2. The highest BCUT2D eigenvalue weighted by Gasteiger charge is 2.18. The summed E-state index contributed by atoms with van der Waals surface area (Å²) in [5, 5.41) is 10.3. The first-order valence-corrected chi connectivity index (χ1v) is 6.94. The van der Waals surface area contributed by atoms with E-state index in [0.717, 1.165) is 16.3 Å². The second-order valence-electron chi connectivity index (χ2n) is 4.99. The van der Waals surface area contributed by atoms with Gasteiger partial charge in [-0.25, -0.2) is 4.98 Å². The molecule has 0 N–H and O–H groups in total. The van der Waals surface area contributed by atoms with Crippen LogP contribution in [0.25, 0.3) is 16.8 Å². The van der Waals surface area contributed by atoms with E-state index in [0.29, 0.717) is 17.1 Å². The molecule has 0 bridgehead atoms. The first-order chi connectivity index (χ1) is 10.8. The van der Waals surface area contributed by atoms with E-state index in [-0.39, 0.29) is 5.78 Å². The molecule has 22 heavy (non-hydrogen) atoms. The molecule has 1 aliphatic carbocycles. The number of hydrogen-bond acceptors (Lipinski definition) is 4. The van der Waals surface area contributed by atoms with E-state index in [9.17, 15) is 4.79 Å². The molecule has 3 aromatic rings. The van der Waals surface area contributed by atoms with Gasteiger partial charge in [0.05, 0.1) is 11.3 Å². The zero-order valence-corrected chi connectivity index (χ0v) is 11.6. The number of hydrogen-bond donors (Lipinski definition) is 0. The van der Waals surface area contributed by atoms with Gasteiger partial charge in [0, 0.05) is 11.6 Å². The Labute approximate surface area is 126 Å². The lowest BCUT2D eigenvalue weighted by Gasteiger charge is -2.13. The summed E-state index contributed by atoms with van der Waals surface area (Å²) >= 11 is 0. The number of nitrogens with zero attached hydrogens (tertiary/aromatic N) is 3. The number of pyridine rings is 1. The van der Waals surface area contributed by atoms with Gasteiger partial charge in [0.2, 0.25) is 0 Å². The molecule has 0 fully saturated rings. The van der Waals surface area contributed by atoms with Crippen LogP contribution in [0, 0.1) is 0 Å². The van der Waals surface area contributed by atoms with Crippen LogP contribution in [0.15, 0.2) is 71.0 Å². The molecule has 0 radical (unpaired) electrons. The fourth-order valence-electron chi connectivity index (χ4n) is 2.63. The molecule has 1 heterocycles. The van der Waals surface area contributed by atoms with Crippen molar-refractivity contribution in [1.82, 2.24) is 4.98 Å². The van der Waals surface area contributed by atoms with Crippen molar-refractivity contribution in [2.75, 3.05) is 0 Å². The lowest BCUT2D eigenvalue weighted by atomic mass is 9.91. The van der Waals surface area contributed by atoms with Crippen LogP contribution in [0.1, 0.15) is 15.9 Å². The smallest absolute Gasteiger partial charge is 0.188 e. The Balaban J connectivity index is 1.90. The lowest BCUT2D eigenvalue weighted by Crippen LogP contribution is -2.01. The third-order valence-corrected chi connectivity index (χ3v) is 3.63. The van der Waals surface area contributed by atoms with E-state index in [1.165, 1.54) is 0 Å². The summed E-state index contributed by atoms with van der Waals surface area (Å²) in [5.74, 6) is 0.473. The van der Waals surface area contributed by atoms with Crippen LogP contribution >= 0.6 is 0 Å². The van der Waals surface area contributed by atoms with E-state index in [2.05, 4.69) is 15.2 Å². The third-order valence-electron chi connectivity index (χ3n) is 3.63. The number of carbonyl (C=O) groups excluding carboxylic acids is 1. The third kappa shape index (κ3) is 2.02. The number of carbonyl (C=O) groups is 1. The first-order valence-electron chi connectivity index (χ1n) is 6.94. The number of azo groups is 1. The minimum Gasteiger partial charge on any atom is -0.289 e. The van der Waals surface area contributed by atoms with Crippen molar-refractivity contribution in [3.05, 3.63) is 71.9 Å². The molecule has 0 spiro atoms. The van der Waals surface area contributed by atoms with E-state index in [4.69, 9.17) is 0 Å². The molecular formula is C18H11N3O. The van der Waals surface area contributed by atoms with Gasteiger partial charge in [-0.2, -0.15) is 0 Å². The van der Waals surface area contributed by atoms with Crippen molar-refractivity contribution in [3.63, 3.8) is 0 Å². The fraction of sp³-hybridized carbons (Fsp3) is 0. The van der Waals surface area contributed by atoms with Gasteiger partial charge in [-0.15, -0.1) is 10.2 Å². The fourth-order valence-corrected chi connectivity index (χ4v) is 2.63. The van der Waals surface area contributed by atoms with Crippen LogP contribution in [0.3, 0.4) is 0 Å². The Morgan fingerprint density at radius 1 is 0.864 bits per heavy atom.